The lowest BCUT2D eigenvalue weighted by molar-refractivity contribution is -0.123. The van der Waals surface area contributed by atoms with Gasteiger partial charge in [0.1, 0.15) is 0 Å². The molecule has 0 bridgehead atoms. The molecule has 0 aliphatic rings. The monoisotopic (exact) mass is 944 g/mol. The maximum Gasteiger partial charge on any atom is 0.220 e. The van der Waals surface area contributed by atoms with Gasteiger partial charge in [-0.15, -0.1) is 0 Å². The number of hydrogen-bond acceptors (Lipinski definition) is 3. The Balaban J connectivity index is 3.56. The molecule has 0 saturated carbocycles. The molecule has 2 atom stereocenters. The first kappa shape index (κ1) is 65.3. The van der Waals surface area contributed by atoms with Crippen molar-refractivity contribution in [3.63, 3.8) is 0 Å². The molecule has 0 rings (SSSR count). The molecule has 0 aromatic heterocycles. The Morgan fingerprint density at radius 3 is 0.971 bits per heavy atom. The molecule has 1 amide bonds. The van der Waals surface area contributed by atoms with Crippen molar-refractivity contribution in [2.24, 2.45) is 0 Å². The number of rotatable bonds is 53. The van der Waals surface area contributed by atoms with Crippen molar-refractivity contribution in [2.45, 2.75) is 296 Å². The van der Waals surface area contributed by atoms with Crippen LogP contribution in [0.2, 0.25) is 0 Å². The third kappa shape index (κ3) is 54.3. The molecule has 2 unspecified atom stereocenters. The highest BCUT2D eigenvalue weighted by molar-refractivity contribution is 5.76. The molecule has 0 aliphatic heterocycles. The van der Waals surface area contributed by atoms with Gasteiger partial charge in [-0.2, -0.15) is 0 Å². The number of aliphatic hydroxyl groups excluding tert-OH is 2. The lowest BCUT2D eigenvalue weighted by Crippen LogP contribution is -2.45. The highest BCUT2D eigenvalue weighted by Gasteiger charge is 2.20. The molecule has 4 nitrogen and oxygen atoms in total. The smallest absolute Gasteiger partial charge is 0.220 e. The second-order valence-corrected chi connectivity index (χ2v) is 19.7. The van der Waals surface area contributed by atoms with Crippen LogP contribution in [0.5, 0.6) is 0 Å². The Bertz CT molecular complexity index is 1250. The molecule has 0 radical (unpaired) electrons. The maximum atomic E-state index is 12.5. The van der Waals surface area contributed by atoms with Gasteiger partial charge in [0.2, 0.25) is 5.91 Å². The fourth-order valence-electron chi connectivity index (χ4n) is 8.67. The second kappa shape index (κ2) is 58.6. The quantitative estimate of drug-likeness (QED) is 0.0420. The molecule has 0 aliphatic carbocycles. The predicted molar refractivity (Wildman–Crippen MR) is 303 cm³/mol. The maximum absolute atomic E-state index is 12.5. The number of carbonyl (C=O) groups is 1. The summed E-state index contributed by atoms with van der Waals surface area (Å²) in [5, 5.41) is 23.4. The van der Waals surface area contributed by atoms with Crippen LogP contribution in [0.1, 0.15) is 284 Å². The molecule has 0 aromatic carbocycles. The van der Waals surface area contributed by atoms with Crippen molar-refractivity contribution in [2.75, 3.05) is 6.61 Å². The van der Waals surface area contributed by atoms with Crippen LogP contribution in [0.25, 0.3) is 0 Å². The fourth-order valence-corrected chi connectivity index (χ4v) is 8.67. The van der Waals surface area contributed by atoms with E-state index in [9.17, 15) is 15.0 Å². The molecular formula is C64H113NO3. The number of amides is 1. The zero-order chi connectivity index (χ0) is 49.2. The zero-order valence-corrected chi connectivity index (χ0v) is 45.1. The van der Waals surface area contributed by atoms with Gasteiger partial charge in [0, 0.05) is 6.42 Å². The summed E-state index contributed by atoms with van der Waals surface area (Å²) < 4.78 is 0. The minimum absolute atomic E-state index is 0.0468. The highest BCUT2D eigenvalue weighted by atomic mass is 16.3. The van der Waals surface area contributed by atoms with Gasteiger partial charge in [0.15, 0.2) is 0 Å². The molecular weight excluding hydrogens is 831 g/mol. The summed E-state index contributed by atoms with van der Waals surface area (Å²) in [5.41, 5.74) is 0. The second-order valence-electron chi connectivity index (χ2n) is 19.7. The normalized spacial score (nSPS) is 13.5. The number of carbonyl (C=O) groups excluding carboxylic acids is 1. The molecule has 68 heavy (non-hydrogen) atoms. The summed E-state index contributed by atoms with van der Waals surface area (Å²) in [5.74, 6) is -0.0468. The van der Waals surface area contributed by atoms with E-state index in [1.54, 1.807) is 0 Å². The van der Waals surface area contributed by atoms with E-state index < -0.39 is 12.1 Å². The van der Waals surface area contributed by atoms with Crippen molar-refractivity contribution < 1.29 is 15.0 Å². The van der Waals surface area contributed by atoms with Gasteiger partial charge in [0.05, 0.1) is 18.8 Å². The van der Waals surface area contributed by atoms with E-state index in [1.165, 1.54) is 167 Å². The molecule has 0 fully saturated rings. The summed E-state index contributed by atoms with van der Waals surface area (Å²) in [6.45, 7) is 4.26. The Morgan fingerprint density at radius 2 is 0.647 bits per heavy atom. The minimum atomic E-state index is -0.674. The number of allylic oxidation sites excluding steroid dienone is 16. The first-order chi connectivity index (χ1) is 33.7. The molecule has 3 N–H and O–H groups in total. The molecule has 392 valence electrons. The van der Waals surface area contributed by atoms with E-state index in [0.717, 1.165) is 89.9 Å². The van der Waals surface area contributed by atoms with Crippen LogP contribution in [-0.4, -0.2) is 34.9 Å². The molecule has 0 aromatic rings. The number of aliphatic hydroxyl groups is 2. The summed E-state index contributed by atoms with van der Waals surface area (Å²) >= 11 is 0. The largest absolute Gasteiger partial charge is 0.394 e. The summed E-state index contributed by atoms with van der Waals surface area (Å²) in [6, 6.07) is -0.553. The number of nitrogens with one attached hydrogen (secondary N) is 1. The van der Waals surface area contributed by atoms with Crippen LogP contribution in [0.15, 0.2) is 97.2 Å². The third-order valence-electron chi connectivity index (χ3n) is 13.1. The van der Waals surface area contributed by atoms with Gasteiger partial charge in [-0.1, -0.05) is 297 Å². The van der Waals surface area contributed by atoms with Crippen LogP contribution in [0, 0.1) is 0 Å². The van der Waals surface area contributed by atoms with Gasteiger partial charge < -0.3 is 15.5 Å². The predicted octanol–water partition coefficient (Wildman–Crippen LogP) is 19.7. The van der Waals surface area contributed by atoms with E-state index in [1.807, 2.05) is 0 Å². The fraction of sp³-hybridized carbons (Fsp3) is 0.734. The van der Waals surface area contributed by atoms with Crippen LogP contribution in [0.3, 0.4) is 0 Å². The SMILES string of the molecule is CC/C=C\C/C=C\C/C=C\C/C=C\C/C=C\C/C=C\C/C=C\C/C=C\CCCCCCCCC(=O)NC(CO)C(O)CCCCCCCCCCCCCCCCCCCCCCCCCCC. The van der Waals surface area contributed by atoms with Gasteiger partial charge in [-0.3, -0.25) is 4.79 Å². The van der Waals surface area contributed by atoms with Crippen molar-refractivity contribution in [3.05, 3.63) is 97.2 Å². The summed E-state index contributed by atoms with van der Waals surface area (Å²) in [7, 11) is 0. The lowest BCUT2D eigenvalue weighted by atomic mass is 10.0. The molecule has 0 spiro atoms. The zero-order valence-electron chi connectivity index (χ0n) is 45.1. The lowest BCUT2D eigenvalue weighted by Gasteiger charge is -2.22. The molecule has 0 saturated heterocycles. The summed E-state index contributed by atoms with van der Waals surface area (Å²) in [6.07, 6.45) is 86.8. The third-order valence-corrected chi connectivity index (χ3v) is 13.1. The Kier molecular flexibility index (Phi) is 56.3. The van der Waals surface area contributed by atoms with E-state index in [0.29, 0.717) is 12.8 Å². The van der Waals surface area contributed by atoms with Crippen LogP contribution < -0.4 is 5.32 Å². The van der Waals surface area contributed by atoms with Gasteiger partial charge in [-0.25, -0.2) is 0 Å². The number of hydrogen-bond donors (Lipinski definition) is 3. The van der Waals surface area contributed by atoms with E-state index >= 15 is 0 Å². The van der Waals surface area contributed by atoms with Crippen molar-refractivity contribution in [1.82, 2.24) is 5.32 Å². The van der Waals surface area contributed by atoms with Crippen LogP contribution in [-0.2, 0) is 4.79 Å². The van der Waals surface area contributed by atoms with E-state index in [4.69, 9.17) is 0 Å². The average Bonchev–Trinajstić information content (AvgIpc) is 3.34. The first-order valence-corrected chi connectivity index (χ1v) is 29.4. The van der Waals surface area contributed by atoms with Crippen LogP contribution >= 0.6 is 0 Å². The average molecular weight is 945 g/mol. The van der Waals surface area contributed by atoms with Gasteiger partial charge >= 0.3 is 0 Å². The number of unbranched alkanes of at least 4 members (excludes halogenated alkanes) is 30. The van der Waals surface area contributed by atoms with Crippen molar-refractivity contribution >= 4 is 5.91 Å². The van der Waals surface area contributed by atoms with Crippen molar-refractivity contribution in [1.29, 1.82) is 0 Å². The molecule has 4 heteroatoms. The van der Waals surface area contributed by atoms with Crippen LogP contribution in [0.4, 0.5) is 0 Å². The Hall–Kier alpha value is -2.69. The first-order valence-electron chi connectivity index (χ1n) is 29.4. The highest BCUT2D eigenvalue weighted by Crippen LogP contribution is 2.17. The molecule has 0 heterocycles. The van der Waals surface area contributed by atoms with E-state index in [2.05, 4.69) is 116 Å². The van der Waals surface area contributed by atoms with Gasteiger partial charge in [0.25, 0.3) is 0 Å². The van der Waals surface area contributed by atoms with Gasteiger partial charge in [-0.05, 0) is 77.0 Å². The topological polar surface area (TPSA) is 69.6 Å². The standard InChI is InChI=1S/C64H113NO3/c1-3-5-7-9-11-13-15-17-19-21-23-25-27-29-30-31-32-33-34-36-38-40-42-44-46-48-50-52-54-56-58-60-64(68)65-62(61-66)63(67)59-57-55-53-51-49-47-45-43-41-39-37-35-28-26-24-22-20-18-16-14-12-10-8-6-4-2/h5,7,11,13,17,19,23,25,29-30,32-33,36,38,42,44,62-63,66-67H,3-4,6,8-10,12,14-16,18,20-22,24,26-28,31,34-35,37,39-41,43,45-61H2,1-2H3,(H,65,68)/b7-5-,13-11-,19-17-,25-23-,30-29-,33-32-,38-36-,44-42-. The summed E-state index contributed by atoms with van der Waals surface area (Å²) in [4.78, 5) is 12.5. The minimum Gasteiger partial charge on any atom is -0.394 e. The Labute approximate surface area is 424 Å². The van der Waals surface area contributed by atoms with E-state index in [-0.39, 0.29) is 12.5 Å². The van der Waals surface area contributed by atoms with Crippen molar-refractivity contribution in [3.8, 4) is 0 Å². The Morgan fingerprint density at radius 1 is 0.368 bits per heavy atom.